The Morgan fingerprint density at radius 3 is 2.67 bits per heavy atom. The average Bonchev–Trinajstić information content (AvgIpc) is 2.67. The van der Waals surface area contributed by atoms with Gasteiger partial charge in [-0.1, -0.05) is 41.9 Å². The first-order valence-electron chi connectivity index (χ1n) is 7.02. The minimum Gasteiger partial charge on any atom is -0.388 e. The van der Waals surface area contributed by atoms with E-state index >= 15 is 0 Å². The van der Waals surface area contributed by atoms with E-state index in [2.05, 4.69) is 0 Å². The number of hydrogen-bond donors (Lipinski definition) is 1. The smallest absolute Gasteiger partial charge is 0.259 e. The van der Waals surface area contributed by atoms with E-state index in [0.717, 1.165) is 17.7 Å². The van der Waals surface area contributed by atoms with Crippen molar-refractivity contribution in [2.75, 3.05) is 11.4 Å². The van der Waals surface area contributed by atoms with Gasteiger partial charge < -0.3 is 10.0 Å². The molecule has 1 aliphatic rings. The molecule has 21 heavy (non-hydrogen) atoms. The number of hydrogen-bond acceptors (Lipinski definition) is 2. The van der Waals surface area contributed by atoms with Crippen LogP contribution in [-0.2, 0) is 0 Å². The molecular weight excluding hydrogens is 286 g/mol. The monoisotopic (exact) mass is 301 g/mol. The summed E-state index contributed by atoms with van der Waals surface area (Å²) in [6.45, 7) is 0.581. The maximum absolute atomic E-state index is 12.8. The molecule has 0 saturated heterocycles. The molecule has 1 heterocycles. The lowest BCUT2D eigenvalue weighted by atomic mass is 10.0. The molecular formula is C17H16ClNO2. The van der Waals surface area contributed by atoms with Gasteiger partial charge in [0.25, 0.3) is 5.91 Å². The van der Waals surface area contributed by atoms with Crippen molar-refractivity contribution < 1.29 is 9.90 Å². The summed E-state index contributed by atoms with van der Waals surface area (Å²) in [5.41, 5.74) is 2.06. The van der Waals surface area contributed by atoms with Gasteiger partial charge in [-0.3, -0.25) is 4.79 Å². The fourth-order valence-corrected chi connectivity index (χ4v) is 2.94. The van der Waals surface area contributed by atoms with Crippen molar-refractivity contribution in [2.45, 2.75) is 18.9 Å². The van der Waals surface area contributed by atoms with E-state index in [9.17, 15) is 9.90 Å². The quantitative estimate of drug-likeness (QED) is 0.870. The van der Waals surface area contributed by atoms with Gasteiger partial charge in [0.15, 0.2) is 0 Å². The summed E-state index contributed by atoms with van der Waals surface area (Å²) < 4.78 is 0. The summed E-state index contributed by atoms with van der Waals surface area (Å²) in [6.07, 6.45) is 0.889. The lowest BCUT2D eigenvalue weighted by Crippen LogP contribution is -2.31. The molecule has 0 spiro atoms. The van der Waals surface area contributed by atoms with E-state index in [1.165, 1.54) is 0 Å². The number of aliphatic hydroxyl groups excluding tert-OH is 1. The summed E-state index contributed by atoms with van der Waals surface area (Å²) >= 11 is 6.14. The topological polar surface area (TPSA) is 40.5 Å². The number of benzene rings is 2. The number of para-hydroxylation sites is 1. The maximum atomic E-state index is 12.8. The standard InChI is InChI=1S/C17H16ClNO2/c18-14-8-3-1-6-12(14)17(21)19-11-5-10-16(20)13-7-2-4-9-15(13)19/h1-4,6-9,16,20H,5,10-11H2. The van der Waals surface area contributed by atoms with Crippen LogP contribution in [0.15, 0.2) is 48.5 Å². The Balaban J connectivity index is 2.04. The van der Waals surface area contributed by atoms with Gasteiger partial charge in [-0.05, 0) is 31.0 Å². The molecule has 1 unspecified atom stereocenters. The first kappa shape index (κ1) is 14.1. The number of halogens is 1. The minimum absolute atomic E-state index is 0.123. The molecule has 3 rings (SSSR count). The molecule has 108 valence electrons. The van der Waals surface area contributed by atoms with E-state index in [-0.39, 0.29) is 5.91 Å². The van der Waals surface area contributed by atoms with Crippen LogP contribution >= 0.6 is 11.6 Å². The number of aliphatic hydroxyl groups is 1. The van der Waals surface area contributed by atoms with Crippen LogP contribution in [0.2, 0.25) is 5.02 Å². The second-order valence-electron chi connectivity index (χ2n) is 5.15. The number of rotatable bonds is 1. The van der Waals surface area contributed by atoms with E-state index in [0.29, 0.717) is 23.6 Å². The molecule has 3 nitrogen and oxygen atoms in total. The molecule has 2 aromatic carbocycles. The lowest BCUT2D eigenvalue weighted by Gasteiger charge is -2.23. The SMILES string of the molecule is O=C(c1ccccc1Cl)N1CCCC(O)c2ccccc21. The molecule has 0 bridgehead atoms. The van der Waals surface area contributed by atoms with Crippen molar-refractivity contribution in [1.29, 1.82) is 0 Å². The van der Waals surface area contributed by atoms with Crippen molar-refractivity contribution in [3.05, 3.63) is 64.7 Å². The summed E-state index contributed by atoms with van der Waals surface area (Å²) in [5, 5.41) is 10.7. The Morgan fingerprint density at radius 2 is 1.86 bits per heavy atom. The van der Waals surface area contributed by atoms with Crippen molar-refractivity contribution in [3.8, 4) is 0 Å². The zero-order valence-electron chi connectivity index (χ0n) is 11.5. The molecule has 1 aliphatic heterocycles. The van der Waals surface area contributed by atoms with Crippen molar-refractivity contribution in [1.82, 2.24) is 0 Å². The lowest BCUT2D eigenvalue weighted by molar-refractivity contribution is 0.0987. The van der Waals surface area contributed by atoms with E-state index in [4.69, 9.17) is 11.6 Å². The zero-order valence-corrected chi connectivity index (χ0v) is 12.3. The molecule has 4 heteroatoms. The van der Waals surface area contributed by atoms with Gasteiger partial charge in [-0.15, -0.1) is 0 Å². The van der Waals surface area contributed by atoms with Gasteiger partial charge >= 0.3 is 0 Å². The van der Waals surface area contributed by atoms with E-state index < -0.39 is 6.10 Å². The van der Waals surface area contributed by atoms with Gasteiger partial charge in [0.05, 0.1) is 16.7 Å². The van der Waals surface area contributed by atoms with Gasteiger partial charge in [-0.2, -0.15) is 0 Å². The second kappa shape index (κ2) is 5.88. The second-order valence-corrected chi connectivity index (χ2v) is 5.56. The van der Waals surface area contributed by atoms with Crippen LogP contribution in [0.4, 0.5) is 5.69 Å². The summed E-state index contributed by atoms with van der Waals surface area (Å²) in [7, 11) is 0. The van der Waals surface area contributed by atoms with Gasteiger partial charge in [0.1, 0.15) is 0 Å². The predicted octanol–water partition coefficient (Wildman–Crippen LogP) is 3.81. The fourth-order valence-electron chi connectivity index (χ4n) is 2.72. The largest absolute Gasteiger partial charge is 0.388 e. The zero-order chi connectivity index (χ0) is 14.8. The Labute approximate surface area is 128 Å². The molecule has 0 saturated carbocycles. The number of amides is 1. The van der Waals surface area contributed by atoms with Gasteiger partial charge in [0.2, 0.25) is 0 Å². The number of carbonyl (C=O) groups is 1. The van der Waals surface area contributed by atoms with E-state index in [1.807, 2.05) is 24.3 Å². The number of nitrogens with zero attached hydrogens (tertiary/aromatic N) is 1. The number of carbonyl (C=O) groups excluding carboxylic acids is 1. The highest BCUT2D eigenvalue weighted by atomic mass is 35.5. The number of fused-ring (bicyclic) bond motifs is 1. The molecule has 2 aromatic rings. The minimum atomic E-state index is -0.523. The molecule has 1 amide bonds. The molecule has 0 radical (unpaired) electrons. The van der Waals surface area contributed by atoms with Crippen LogP contribution in [0.3, 0.4) is 0 Å². The van der Waals surface area contributed by atoms with Crippen molar-refractivity contribution in [3.63, 3.8) is 0 Å². The molecule has 0 fully saturated rings. The highest BCUT2D eigenvalue weighted by Crippen LogP contribution is 2.34. The molecule has 1 N–H and O–H groups in total. The summed E-state index contributed by atoms with van der Waals surface area (Å²) in [5.74, 6) is -0.123. The molecule has 1 atom stereocenters. The maximum Gasteiger partial charge on any atom is 0.259 e. The first-order chi connectivity index (χ1) is 10.2. The third-order valence-corrected chi connectivity index (χ3v) is 4.12. The summed E-state index contributed by atoms with van der Waals surface area (Å²) in [6, 6.07) is 14.6. The fraction of sp³-hybridized carbons (Fsp3) is 0.235. The third-order valence-electron chi connectivity index (χ3n) is 3.80. The summed E-state index contributed by atoms with van der Waals surface area (Å²) in [4.78, 5) is 14.5. The van der Waals surface area contributed by atoms with Crippen LogP contribution in [0, 0.1) is 0 Å². The van der Waals surface area contributed by atoms with Gasteiger partial charge in [0, 0.05) is 17.8 Å². The molecule has 0 aromatic heterocycles. The van der Waals surface area contributed by atoms with E-state index in [1.54, 1.807) is 29.2 Å². The Kier molecular flexibility index (Phi) is 3.95. The Hall–Kier alpha value is -1.84. The average molecular weight is 302 g/mol. The normalized spacial score (nSPS) is 18.0. The Bertz CT molecular complexity index is 671. The van der Waals surface area contributed by atoms with Crippen LogP contribution in [0.1, 0.15) is 34.9 Å². The predicted molar refractivity (Wildman–Crippen MR) is 83.8 cm³/mol. The van der Waals surface area contributed by atoms with Crippen molar-refractivity contribution in [2.24, 2.45) is 0 Å². The Morgan fingerprint density at radius 1 is 1.14 bits per heavy atom. The van der Waals surface area contributed by atoms with Crippen LogP contribution < -0.4 is 4.90 Å². The number of anilines is 1. The highest BCUT2D eigenvalue weighted by Gasteiger charge is 2.26. The third kappa shape index (κ3) is 2.67. The first-order valence-corrected chi connectivity index (χ1v) is 7.39. The van der Waals surface area contributed by atoms with Crippen molar-refractivity contribution >= 4 is 23.2 Å². The van der Waals surface area contributed by atoms with Gasteiger partial charge in [-0.25, -0.2) is 0 Å². The highest BCUT2D eigenvalue weighted by molar-refractivity contribution is 6.34. The van der Waals surface area contributed by atoms with Crippen LogP contribution in [-0.4, -0.2) is 17.6 Å². The van der Waals surface area contributed by atoms with Crippen LogP contribution in [0.5, 0.6) is 0 Å². The van der Waals surface area contributed by atoms with Crippen LogP contribution in [0.25, 0.3) is 0 Å². The molecule has 0 aliphatic carbocycles.